The van der Waals surface area contributed by atoms with E-state index in [0.29, 0.717) is 5.69 Å². The smallest absolute Gasteiger partial charge is 0.139 e. The maximum atomic E-state index is 9.70. The molecule has 0 aliphatic heterocycles. The summed E-state index contributed by atoms with van der Waals surface area (Å²) in [5.41, 5.74) is 2.36. The summed E-state index contributed by atoms with van der Waals surface area (Å²) in [5.74, 6) is 0.389. The Balaban J connectivity index is 0.000000771. The average molecular weight is 245 g/mol. The zero-order valence-corrected chi connectivity index (χ0v) is 10.1. The maximum absolute atomic E-state index is 9.70. The number of phenolic OH excluding ortho intramolecular Hbond substituents is 2. The van der Waals surface area contributed by atoms with Crippen molar-refractivity contribution in [2.24, 2.45) is 0 Å². The van der Waals surface area contributed by atoms with Crippen molar-refractivity contribution in [3.8, 4) is 11.5 Å². The number of phenols is 2. The van der Waals surface area contributed by atoms with E-state index in [9.17, 15) is 10.2 Å². The normalized spacial score (nSPS) is 9.17. The van der Waals surface area contributed by atoms with Crippen LogP contribution in [0.5, 0.6) is 11.5 Å². The molecule has 0 aliphatic carbocycles. The summed E-state index contributed by atoms with van der Waals surface area (Å²) in [6.45, 7) is 3.91. The van der Waals surface area contributed by atoms with E-state index in [1.54, 1.807) is 30.3 Å². The lowest BCUT2D eigenvalue weighted by atomic mass is 10.2. The number of hydrogen-bond donors (Lipinski definition) is 3. The number of rotatable bonds is 2. The van der Waals surface area contributed by atoms with Crippen LogP contribution in [-0.2, 0) is 4.79 Å². The Bertz CT molecular complexity index is 526. The Morgan fingerprint density at radius 2 is 1.78 bits per heavy atom. The molecule has 0 saturated carbocycles. The molecule has 0 saturated heterocycles. The second-order valence-electron chi connectivity index (χ2n) is 3.70. The third-order valence-electron chi connectivity index (χ3n) is 2.28. The molecule has 0 unspecified atom stereocenters. The highest BCUT2D eigenvalue weighted by atomic mass is 16.3. The fourth-order valence-corrected chi connectivity index (χ4v) is 1.49. The summed E-state index contributed by atoms with van der Waals surface area (Å²) in [4.78, 5) is 8.00. The molecule has 0 amide bonds. The van der Waals surface area contributed by atoms with Crippen LogP contribution in [0.2, 0.25) is 0 Å². The molecule has 2 aromatic carbocycles. The topological polar surface area (TPSA) is 69.6 Å². The van der Waals surface area contributed by atoms with Crippen molar-refractivity contribution in [2.75, 3.05) is 5.32 Å². The van der Waals surface area contributed by atoms with Gasteiger partial charge in [-0.05, 0) is 36.8 Å². The van der Waals surface area contributed by atoms with Gasteiger partial charge in [0.25, 0.3) is 0 Å². The Kier molecular flexibility index (Phi) is 4.75. The minimum atomic E-state index is 0.191. The lowest BCUT2D eigenvalue weighted by Gasteiger charge is -2.09. The molecule has 0 aromatic heterocycles. The molecule has 2 rings (SSSR count). The predicted molar refractivity (Wildman–Crippen MR) is 71.4 cm³/mol. The van der Waals surface area contributed by atoms with Crippen molar-refractivity contribution in [2.45, 2.75) is 6.92 Å². The number of anilines is 2. The van der Waals surface area contributed by atoms with Gasteiger partial charge in [-0.15, -0.1) is 0 Å². The van der Waals surface area contributed by atoms with Gasteiger partial charge in [-0.1, -0.05) is 12.1 Å². The van der Waals surface area contributed by atoms with E-state index in [-0.39, 0.29) is 11.5 Å². The zero-order chi connectivity index (χ0) is 13.5. The molecule has 0 fully saturated rings. The first kappa shape index (κ1) is 13.6. The molecular weight excluding hydrogens is 230 g/mol. The fraction of sp³-hybridized carbons (Fsp3) is 0.0714. The first-order valence-electron chi connectivity index (χ1n) is 5.30. The second-order valence-corrected chi connectivity index (χ2v) is 3.70. The molecular formula is C14H15NO3. The summed E-state index contributed by atoms with van der Waals surface area (Å²) < 4.78 is 0. The van der Waals surface area contributed by atoms with Gasteiger partial charge in [-0.3, -0.25) is 0 Å². The van der Waals surface area contributed by atoms with E-state index in [1.807, 2.05) is 25.8 Å². The van der Waals surface area contributed by atoms with E-state index in [2.05, 4.69) is 5.32 Å². The first-order chi connectivity index (χ1) is 8.65. The number of aromatic hydroxyl groups is 2. The van der Waals surface area contributed by atoms with Crippen LogP contribution >= 0.6 is 0 Å². The SMILES string of the molecule is C=O.Cc1ccc(Nc2cccc(O)c2)c(O)c1. The van der Waals surface area contributed by atoms with Crippen molar-refractivity contribution in [1.82, 2.24) is 0 Å². The predicted octanol–water partition coefficient (Wildman–Crippen LogP) is 2.96. The molecule has 94 valence electrons. The third-order valence-corrected chi connectivity index (χ3v) is 2.28. The molecule has 18 heavy (non-hydrogen) atoms. The van der Waals surface area contributed by atoms with Gasteiger partial charge in [0.2, 0.25) is 0 Å². The van der Waals surface area contributed by atoms with Crippen molar-refractivity contribution in [1.29, 1.82) is 0 Å². The number of benzene rings is 2. The fourth-order valence-electron chi connectivity index (χ4n) is 1.49. The second kappa shape index (κ2) is 6.30. The minimum absolute atomic E-state index is 0.191. The lowest BCUT2D eigenvalue weighted by Crippen LogP contribution is -1.90. The van der Waals surface area contributed by atoms with Gasteiger partial charge in [0, 0.05) is 11.8 Å². The number of nitrogens with one attached hydrogen (secondary N) is 1. The van der Waals surface area contributed by atoms with Crippen LogP contribution in [0.4, 0.5) is 11.4 Å². The molecule has 0 aliphatic rings. The van der Waals surface area contributed by atoms with Crippen LogP contribution in [0, 0.1) is 6.92 Å². The van der Waals surface area contributed by atoms with Crippen LogP contribution in [0.3, 0.4) is 0 Å². The van der Waals surface area contributed by atoms with E-state index < -0.39 is 0 Å². The average Bonchev–Trinajstić information content (AvgIpc) is 2.35. The van der Waals surface area contributed by atoms with Gasteiger partial charge in [-0.2, -0.15) is 0 Å². The minimum Gasteiger partial charge on any atom is -0.508 e. The zero-order valence-electron chi connectivity index (χ0n) is 10.1. The molecule has 0 radical (unpaired) electrons. The Morgan fingerprint density at radius 1 is 1.06 bits per heavy atom. The summed E-state index contributed by atoms with van der Waals surface area (Å²) in [6.07, 6.45) is 0. The van der Waals surface area contributed by atoms with Gasteiger partial charge in [0.1, 0.15) is 18.3 Å². The van der Waals surface area contributed by atoms with Crippen molar-refractivity contribution < 1.29 is 15.0 Å². The molecule has 0 atom stereocenters. The standard InChI is InChI=1S/C13H13NO2.CH2O/c1-9-5-6-12(13(16)7-9)14-10-3-2-4-11(15)8-10;1-2/h2-8,14-16H,1H3;1H2. The molecule has 0 spiro atoms. The molecule has 4 nitrogen and oxygen atoms in total. The molecule has 2 aromatic rings. The van der Waals surface area contributed by atoms with Crippen LogP contribution in [0.1, 0.15) is 5.56 Å². The highest BCUT2D eigenvalue weighted by Crippen LogP contribution is 2.28. The number of carbonyl (C=O) groups excluding carboxylic acids is 1. The Morgan fingerprint density at radius 3 is 2.39 bits per heavy atom. The maximum Gasteiger partial charge on any atom is 0.139 e. The summed E-state index contributed by atoms with van der Waals surface area (Å²) in [6, 6.07) is 12.1. The monoisotopic (exact) mass is 245 g/mol. The number of aryl methyl sites for hydroxylation is 1. The molecule has 4 heteroatoms. The molecule has 0 heterocycles. The lowest BCUT2D eigenvalue weighted by molar-refractivity contribution is -0.0979. The highest BCUT2D eigenvalue weighted by molar-refractivity contribution is 5.67. The first-order valence-corrected chi connectivity index (χ1v) is 5.30. The van der Waals surface area contributed by atoms with E-state index >= 15 is 0 Å². The van der Waals surface area contributed by atoms with Crippen LogP contribution in [0.15, 0.2) is 42.5 Å². The van der Waals surface area contributed by atoms with Crippen molar-refractivity contribution >= 4 is 18.2 Å². The van der Waals surface area contributed by atoms with Crippen LogP contribution in [-0.4, -0.2) is 17.0 Å². The van der Waals surface area contributed by atoms with Gasteiger partial charge in [0.15, 0.2) is 0 Å². The summed E-state index contributed by atoms with van der Waals surface area (Å²) in [7, 11) is 0. The van der Waals surface area contributed by atoms with Gasteiger partial charge in [0.05, 0.1) is 5.69 Å². The largest absolute Gasteiger partial charge is 0.508 e. The van der Waals surface area contributed by atoms with Crippen molar-refractivity contribution in [3.63, 3.8) is 0 Å². The van der Waals surface area contributed by atoms with Gasteiger partial charge >= 0.3 is 0 Å². The van der Waals surface area contributed by atoms with E-state index in [4.69, 9.17) is 4.79 Å². The van der Waals surface area contributed by atoms with Gasteiger partial charge < -0.3 is 20.3 Å². The van der Waals surface area contributed by atoms with Crippen LogP contribution < -0.4 is 5.32 Å². The third kappa shape index (κ3) is 3.52. The quantitative estimate of drug-likeness (QED) is 0.711. The summed E-state index contributed by atoms with van der Waals surface area (Å²) >= 11 is 0. The van der Waals surface area contributed by atoms with Crippen LogP contribution in [0.25, 0.3) is 0 Å². The van der Waals surface area contributed by atoms with E-state index in [0.717, 1.165) is 11.3 Å². The molecule has 3 N–H and O–H groups in total. The van der Waals surface area contributed by atoms with Crippen molar-refractivity contribution in [3.05, 3.63) is 48.0 Å². The Hall–Kier alpha value is -2.49. The number of carbonyl (C=O) groups is 1. The summed E-state index contributed by atoms with van der Waals surface area (Å²) in [5, 5.41) is 22.0. The van der Waals surface area contributed by atoms with Gasteiger partial charge in [-0.25, -0.2) is 0 Å². The Labute approximate surface area is 106 Å². The number of hydrogen-bond acceptors (Lipinski definition) is 4. The van der Waals surface area contributed by atoms with E-state index in [1.165, 1.54) is 0 Å². The molecule has 0 bridgehead atoms. The highest BCUT2D eigenvalue weighted by Gasteiger charge is 2.01.